The van der Waals surface area contributed by atoms with Gasteiger partial charge >= 0.3 is 5.97 Å². The number of carboxylic acids is 1. The van der Waals surface area contributed by atoms with E-state index in [-0.39, 0.29) is 69.7 Å². The molecule has 2 aliphatic heterocycles. The molecule has 31 heteroatoms. The van der Waals surface area contributed by atoms with Crippen LogP contribution in [0.1, 0.15) is 103 Å². The second-order valence-corrected chi connectivity index (χ2v) is 23.1. The fourth-order valence-electron chi connectivity index (χ4n) is 10.5. The van der Waals surface area contributed by atoms with E-state index in [0.29, 0.717) is 42.6 Å². The van der Waals surface area contributed by atoms with Gasteiger partial charge in [0, 0.05) is 50.8 Å². The number of guanidine groups is 1. The minimum Gasteiger partial charge on any atom is -0.508 e. The summed E-state index contributed by atoms with van der Waals surface area (Å²) in [6.07, 6.45) is 3.34. The molecule has 0 aliphatic carbocycles. The van der Waals surface area contributed by atoms with Gasteiger partial charge in [-0.1, -0.05) is 76.6 Å². The molecule has 496 valence electrons. The number of carbonyl (C=O) groups is 12. The van der Waals surface area contributed by atoms with Crippen molar-refractivity contribution >= 4 is 76.9 Å². The predicted octanol–water partition coefficient (Wildman–Crippen LogP) is -3.30. The number of H-pyrrole nitrogens is 1. The largest absolute Gasteiger partial charge is 0.508 e. The molecule has 31 nitrogen and oxygen atoms in total. The quantitative estimate of drug-likeness (QED) is 0.0158. The first-order valence-electron chi connectivity index (χ1n) is 30.3. The van der Waals surface area contributed by atoms with Gasteiger partial charge in [-0.25, -0.2) is 9.78 Å². The number of hydrogen-bond donors (Lipinski definition) is 15. The van der Waals surface area contributed by atoms with Crippen LogP contribution in [0.5, 0.6) is 5.75 Å². The zero-order chi connectivity index (χ0) is 67.1. The molecule has 0 saturated carbocycles. The number of carbonyl (C=O) groups excluding carboxylic acids is 11. The highest BCUT2D eigenvalue weighted by atomic mass is 16.4. The number of aromatic amines is 1. The van der Waals surface area contributed by atoms with Gasteiger partial charge < -0.3 is 90.5 Å². The van der Waals surface area contributed by atoms with Crippen LogP contribution >= 0.6 is 0 Å². The highest BCUT2D eigenvalue weighted by molar-refractivity contribution is 5.99. The van der Waals surface area contributed by atoms with Gasteiger partial charge in [-0.3, -0.25) is 57.7 Å². The van der Waals surface area contributed by atoms with Crippen molar-refractivity contribution in [2.24, 2.45) is 39.8 Å². The fraction of sp³-hybridized carbons (Fsp3) is 0.533. The second kappa shape index (κ2) is 34.9. The van der Waals surface area contributed by atoms with Crippen LogP contribution in [0.2, 0.25) is 0 Å². The number of primary amides is 1. The molecule has 2 aromatic carbocycles. The van der Waals surface area contributed by atoms with Crippen LogP contribution in [0.4, 0.5) is 0 Å². The number of benzene rings is 2. The number of nitrogens with zero attached hydrogens (tertiary/aromatic N) is 4. The summed E-state index contributed by atoms with van der Waals surface area (Å²) in [6.45, 7) is 7.86. The number of aliphatic carboxylic acids is 1. The second-order valence-electron chi connectivity index (χ2n) is 23.1. The van der Waals surface area contributed by atoms with Crippen molar-refractivity contribution in [3.63, 3.8) is 0 Å². The molecule has 11 atom stereocenters. The Morgan fingerprint density at radius 2 is 1.22 bits per heavy atom. The molecule has 1 aromatic heterocycles. The number of aromatic hydroxyl groups is 1. The normalized spacial score (nSPS) is 17.4. The summed E-state index contributed by atoms with van der Waals surface area (Å²) in [5.41, 5.74) is 23.9. The maximum absolute atomic E-state index is 14.7. The Morgan fingerprint density at radius 1 is 0.648 bits per heavy atom. The Kier molecular flexibility index (Phi) is 27.6. The van der Waals surface area contributed by atoms with Gasteiger partial charge in [-0.05, 0) is 80.5 Å². The molecule has 3 heterocycles. The number of carboxylic acid groups (broad SMARTS) is 1. The fourth-order valence-corrected chi connectivity index (χ4v) is 10.5. The minimum atomic E-state index is -1.64. The number of amides is 11. The van der Waals surface area contributed by atoms with E-state index >= 15 is 0 Å². The SMILES string of the molecule is CC[C@H](C)[C@H](NC(=O)[C@H](CCCN=C(N)N)NC(=O)C[C@H](NC(=O)CNC(=O)[C@@H]1CCCN1C(=O)[C@H](C)N)C(N)=O)C(=O)N[C@@H](Cc1ccc(O)cc1)C(=O)N[C@H](C(=O)N[C@@H](Cc1cnc[nH]1)C(=O)N1CCC[C@H]1C(=O)N[C@@H](Cc1ccccc1)C(=O)O)C(C)C. The van der Waals surface area contributed by atoms with Crippen LogP contribution < -0.4 is 65.5 Å². The third-order valence-electron chi connectivity index (χ3n) is 15.7. The molecule has 19 N–H and O–H groups in total. The summed E-state index contributed by atoms with van der Waals surface area (Å²) in [7, 11) is 0. The first-order valence-corrected chi connectivity index (χ1v) is 30.3. The number of nitrogens with two attached hydrogens (primary N) is 4. The van der Waals surface area contributed by atoms with Crippen LogP contribution in [-0.2, 0) is 76.8 Å². The average Bonchev–Trinajstić information content (AvgIpc) is 1.94. The third kappa shape index (κ3) is 22.1. The number of rotatable bonds is 34. The summed E-state index contributed by atoms with van der Waals surface area (Å²) < 4.78 is 0. The average molecular weight is 1270 g/mol. The Labute approximate surface area is 526 Å². The van der Waals surface area contributed by atoms with E-state index in [2.05, 4.69) is 57.5 Å². The van der Waals surface area contributed by atoms with Crippen molar-refractivity contribution in [2.75, 3.05) is 26.2 Å². The highest BCUT2D eigenvalue weighted by Gasteiger charge is 2.42. The summed E-state index contributed by atoms with van der Waals surface area (Å²) >= 11 is 0. The van der Waals surface area contributed by atoms with E-state index in [4.69, 9.17) is 22.9 Å². The van der Waals surface area contributed by atoms with E-state index in [1.54, 1.807) is 58.0 Å². The smallest absolute Gasteiger partial charge is 0.326 e. The zero-order valence-corrected chi connectivity index (χ0v) is 51.8. The molecule has 2 fully saturated rings. The van der Waals surface area contributed by atoms with E-state index in [9.17, 15) is 67.7 Å². The first-order chi connectivity index (χ1) is 43.2. The molecule has 5 rings (SSSR count). The lowest BCUT2D eigenvalue weighted by Gasteiger charge is -2.31. The van der Waals surface area contributed by atoms with Gasteiger partial charge in [0.05, 0.1) is 25.3 Å². The van der Waals surface area contributed by atoms with Crippen LogP contribution in [0.15, 0.2) is 72.1 Å². The van der Waals surface area contributed by atoms with E-state index in [1.165, 1.54) is 53.5 Å². The Hall–Kier alpha value is -9.68. The summed E-state index contributed by atoms with van der Waals surface area (Å²) in [6, 6.07) is 1.60. The highest BCUT2D eigenvalue weighted by Crippen LogP contribution is 2.22. The summed E-state index contributed by atoms with van der Waals surface area (Å²) in [5.74, 6) is -11.8. The summed E-state index contributed by atoms with van der Waals surface area (Å²) in [5, 5.41) is 40.9. The van der Waals surface area contributed by atoms with Crippen LogP contribution in [0.25, 0.3) is 0 Å². The van der Waals surface area contributed by atoms with Gasteiger partial charge in [-0.2, -0.15) is 0 Å². The minimum absolute atomic E-state index is 0.00425. The summed E-state index contributed by atoms with van der Waals surface area (Å²) in [4.78, 5) is 178. The Bertz CT molecular complexity index is 3050. The number of likely N-dealkylation sites (tertiary alicyclic amines) is 2. The molecule has 91 heavy (non-hydrogen) atoms. The number of aromatic nitrogens is 2. The molecule has 2 saturated heterocycles. The molecule has 0 radical (unpaired) electrons. The molecule has 0 spiro atoms. The van der Waals surface area contributed by atoms with Crippen molar-refractivity contribution in [2.45, 2.75) is 166 Å². The predicted molar refractivity (Wildman–Crippen MR) is 330 cm³/mol. The topological polar surface area (TPSA) is 493 Å². The van der Waals surface area contributed by atoms with Gasteiger partial charge in [0.25, 0.3) is 0 Å². The zero-order valence-electron chi connectivity index (χ0n) is 51.8. The van der Waals surface area contributed by atoms with E-state index < -0.39 is 156 Å². The number of nitrogens with one attached hydrogen (secondary N) is 9. The monoisotopic (exact) mass is 1270 g/mol. The van der Waals surface area contributed by atoms with Crippen LogP contribution in [-0.4, -0.2) is 193 Å². The lowest BCUT2D eigenvalue weighted by molar-refractivity contribution is -0.145. The van der Waals surface area contributed by atoms with Gasteiger partial charge in [0.15, 0.2) is 5.96 Å². The number of imidazole rings is 1. The number of hydrogen-bond acceptors (Lipinski definition) is 16. The molecule has 3 aromatic rings. The van der Waals surface area contributed by atoms with Crippen molar-refractivity contribution < 1.29 is 67.7 Å². The number of phenols is 1. The van der Waals surface area contributed by atoms with Crippen molar-refractivity contribution in [1.82, 2.24) is 62.3 Å². The van der Waals surface area contributed by atoms with E-state index in [0.717, 1.165) is 0 Å². The standard InChI is InChI=1S/C60H87N17O14/c1-6-33(4)49(75-51(82)39(15-10-22-66-60(63)64)69-46(79)28-40(50(62)81)70-47(80)30-67-53(84)44-16-11-23-76(44)57(88)34(5)61)56(87)71-41(25-36-18-20-38(78)21-19-36)52(83)74-48(32(2)3)55(86)72-42(27-37-29-65-31-68-37)58(89)77-24-12-17-45(77)54(85)73-43(59(90)91)26-35-13-8-7-9-14-35/h7-9,13-14,18-21,29,31-34,39-45,48-49,78H,6,10-12,15-17,22-28,30,61H2,1-5H3,(H2,62,81)(H,65,68)(H,67,84)(H,69,79)(H,70,80)(H,71,87)(H,72,86)(H,73,85)(H,74,83)(H,75,82)(H,90,91)(H4,63,64,66)/t33-,34-,39-,40-,41-,42-,43-,44-,45-,48-,49-/m0/s1. The maximum atomic E-state index is 14.7. The van der Waals surface area contributed by atoms with Crippen molar-refractivity contribution in [3.05, 3.63) is 83.9 Å². The molecular formula is C60H87N17O14. The Morgan fingerprint density at radius 3 is 1.80 bits per heavy atom. The van der Waals surface area contributed by atoms with Gasteiger partial charge in [-0.15, -0.1) is 0 Å². The maximum Gasteiger partial charge on any atom is 0.326 e. The molecule has 2 aliphatic rings. The molecule has 0 bridgehead atoms. The Balaban J connectivity index is 1.33. The van der Waals surface area contributed by atoms with Crippen molar-refractivity contribution in [3.8, 4) is 5.75 Å². The molecule has 11 amide bonds. The van der Waals surface area contributed by atoms with Gasteiger partial charge in [0.2, 0.25) is 65.0 Å². The van der Waals surface area contributed by atoms with Crippen molar-refractivity contribution in [1.29, 1.82) is 0 Å². The molecular weight excluding hydrogens is 1180 g/mol. The number of phenolic OH excluding ortho intramolecular Hbond substituents is 1. The van der Waals surface area contributed by atoms with Crippen LogP contribution in [0.3, 0.4) is 0 Å². The lowest BCUT2D eigenvalue weighted by atomic mass is 9.96. The third-order valence-corrected chi connectivity index (χ3v) is 15.7. The lowest BCUT2D eigenvalue weighted by Crippen LogP contribution is -2.62. The molecule has 0 unspecified atom stereocenters. The first kappa shape index (κ1) is 72.1. The van der Waals surface area contributed by atoms with Crippen LogP contribution in [0, 0.1) is 11.8 Å². The van der Waals surface area contributed by atoms with E-state index in [1.807, 2.05) is 0 Å². The number of aliphatic imine (C=N–C) groups is 1. The van der Waals surface area contributed by atoms with Gasteiger partial charge in [0.1, 0.15) is 60.1 Å².